The maximum atomic E-state index is 12.8. The third kappa shape index (κ3) is 3.17. The maximum Gasteiger partial charge on any atom is 0.283 e. The second-order valence-electron chi connectivity index (χ2n) is 5.49. The van der Waals surface area contributed by atoms with Crippen molar-refractivity contribution in [1.29, 1.82) is 0 Å². The molecule has 0 bridgehead atoms. The summed E-state index contributed by atoms with van der Waals surface area (Å²) in [5.74, 6) is 0.944. The molecule has 130 valence electrons. The van der Waals surface area contributed by atoms with Crippen molar-refractivity contribution in [3.63, 3.8) is 0 Å². The lowest BCUT2D eigenvalue weighted by molar-refractivity contribution is 0.414. The molecule has 3 aromatic rings. The summed E-state index contributed by atoms with van der Waals surface area (Å²) in [6.45, 7) is 5.63. The van der Waals surface area contributed by atoms with Crippen LogP contribution in [0.2, 0.25) is 10.0 Å². The molecule has 0 radical (unpaired) electrons. The Kier molecular flexibility index (Phi) is 4.86. The van der Waals surface area contributed by atoms with Crippen molar-refractivity contribution in [1.82, 2.24) is 9.66 Å². The van der Waals surface area contributed by atoms with Crippen molar-refractivity contribution in [2.75, 3.05) is 7.11 Å². The fourth-order valence-corrected chi connectivity index (χ4v) is 4.19. The van der Waals surface area contributed by atoms with Gasteiger partial charge in [0.15, 0.2) is 0 Å². The van der Waals surface area contributed by atoms with Crippen LogP contribution >= 0.6 is 34.5 Å². The van der Waals surface area contributed by atoms with Crippen LogP contribution in [0, 0.1) is 20.8 Å². The number of methoxy groups -OCH3 is 1. The topological polar surface area (TPSA) is 56.5 Å². The molecule has 2 aromatic heterocycles. The highest BCUT2D eigenvalue weighted by molar-refractivity contribution is 7.18. The number of hydrogen-bond acceptors (Lipinski definition) is 5. The van der Waals surface area contributed by atoms with E-state index in [1.165, 1.54) is 29.3 Å². The second kappa shape index (κ2) is 6.78. The SMILES string of the molecule is COc1c(Cl)cc(Cl)cc1/C=N\n1c(C)nc2sc(C)c(C)c2c1=O. The van der Waals surface area contributed by atoms with Gasteiger partial charge >= 0.3 is 0 Å². The molecule has 0 atom stereocenters. The molecule has 0 aliphatic carbocycles. The molecule has 2 heterocycles. The van der Waals surface area contributed by atoms with E-state index in [9.17, 15) is 4.79 Å². The highest BCUT2D eigenvalue weighted by atomic mass is 35.5. The minimum Gasteiger partial charge on any atom is -0.495 e. The van der Waals surface area contributed by atoms with Crippen molar-refractivity contribution in [2.24, 2.45) is 5.10 Å². The van der Waals surface area contributed by atoms with Crippen LogP contribution in [-0.4, -0.2) is 23.0 Å². The van der Waals surface area contributed by atoms with Crippen molar-refractivity contribution >= 4 is 51.0 Å². The van der Waals surface area contributed by atoms with E-state index >= 15 is 0 Å². The van der Waals surface area contributed by atoms with Crippen LogP contribution in [-0.2, 0) is 0 Å². The largest absolute Gasteiger partial charge is 0.495 e. The van der Waals surface area contributed by atoms with Crippen LogP contribution in [0.1, 0.15) is 21.8 Å². The zero-order valence-electron chi connectivity index (χ0n) is 14.1. The minimum atomic E-state index is -0.201. The first-order chi connectivity index (χ1) is 11.8. The Labute approximate surface area is 158 Å². The Morgan fingerprint density at radius 1 is 1.28 bits per heavy atom. The third-order valence-corrected chi connectivity index (χ3v) is 5.50. The van der Waals surface area contributed by atoms with Crippen LogP contribution in [0.4, 0.5) is 0 Å². The number of rotatable bonds is 3. The number of thiophene rings is 1. The van der Waals surface area contributed by atoms with E-state index in [-0.39, 0.29) is 5.56 Å². The van der Waals surface area contributed by atoms with Gasteiger partial charge in [0.05, 0.1) is 23.7 Å². The lowest BCUT2D eigenvalue weighted by atomic mass is 10.2. The van der Waals surface area contributed by atoms with Gasteiger partial charge in [-0.25, -0.2) is 4.98 Å². The van der Waals surface area contributed by atoms with Crippen LogP contribution in [0.25, 0.3) is 10.2 Å². The molecular formula is C17H15Cl2N3O2S. The van der Waals surface area contributed by atoms with E-state index in [1.807, 2.05) is 13.8 Å². The highest BCUT2D eigenvalue weighted by Crippen LogP contribution is 2.31. The van der Waals surface area contributed by atoms with E-state index in [2.05, 4.69) is 10.1 Å². The fraction of sp³-hybridized carbons (Fsp3) is 0.235. The first-order valence-electron chi connectivity index (χ1n) is 7.40. The molecule has 3 rings (SSSR count). The number of ether oxygens (including phenoxy) is 1. The van der Waals surface area contributed by atoms with Crippen LogP contribution in [0.5, 0.6) is 5.75 Å². The first kappa shape index (κ1) is 17.9. The van der Waals surface area contributed by atoms with Crippen LogP contribution < -0.4 is 10.3 Å². The maximum absolute atomic E-state index is 12.8. The Balaban J connectivity index is 2.17. The molecule has 25 heavy (non-hydrogen) atoms. The summed E-state index contributed by atoms with van der Waals surface area (Å²) in [7, 11) is 1.51. The Bertz CT molecular complexity index is 1070. The Morgan fingerprint density at radius 3 is 2.68 bits per heavy atom. The van der Waals surface area contributed by atoms with E-state index < -0.39 is 0 Å². The summed E-state index contributed by atoms with van der Waals surface area (Å²) in [4.78, 5) is 19.1. The minimum absolute atomic E-state index is 0.201. The van der Waals surface area contributed by atoms with Crippen molar-refractivity contribution in [3.05, 3.63) is 54.4 Å². The molecule has 1 aromatic carbocycles. The summed E-state index contributed by atoms with van der Waals surface area (Å²) in [5, 5.41) is 5.72. The Hall–Kier alpha value is -1.89. The fourth-order valence-electron chi connectivity index (χ4n) is 2.53. The lowest BCUT2D eigenvalue weighted by Crippen LogP contribution is -2.20. The van der Waals surface area contributed by atoms with Crippen LogP contribution in [0.15, 0.2) is 22.0 Å². The van der Waals surface area contributed by atoms with Crippen molar-refractivity contribution < 1.29 is 4.74 Å². The number of nitrogens with zero attached hydrogens (tertiary/aromatic N) is 3. The Morgan fingerprint density at radius 2 is 2.00 bits per heavy atom. The number of aromatic nitrogens is 2. The van der Waals surface area contributed by atoms with Gasteiger partial charge in [-0.1, -0.05) is 23.2 Å². The summed E-state index contributed by atoms with van der Waals surface area (Å²) >= 11 is 13.7. The molecule has 0 saturated carbocycles. The number of hydrogen-bond donors (Lipinski definition) is 0. The standard InChI is InChI=1S/C17H15Cl2N3O2S/c1-8-9(2)25-16-14(8)17(23)22(10(3)21-16)20-7-11-5-12(18)6-13(19)15(11)24-4/h5-7H,1-4H3/b20-7-. The smallest absolute Gasteiger partial charge is 0.283 e. The van der Waals surface area contributed by atoms with Gasteiger partial charge in [0.2, 0.25) is 0 Å². The first-order valence-corrected chi connectivity index (χ1v) is 8.97. The van der Waals surface area contributed by atoms with Crippen molar-refractivity contribution in [3.8, 4) is 5.75 Å². The van der Waals surface area contributed by atoms with Gasteiger partial charge in [-0.3, -0.25) is 4.79 Å². The van der Waals surface area contributed by atoms with Crippen molar-refractivity contribution in [2.45, 2.75) is 20.8 Å². The summed E-state index contributed by atoms with van der Waals surface area (Å²) < 4.78 is 6.56. The number of benzene rings is 1. The molecule has 0 N–H and O–H groups in total. The molecule has 0 saturated heterocycles. The number of aryl methyl sites for hydroxylation is 3. The van der Waals surface area contributed by atoms with E-state index in [0.29, 0.717) is 32.6 Å². The normalized spacial score (nSPS) is 11.6. The zero-order chi connectivity index (χ0) is 18.3. The average Bonchev–Trinajstić information content (AvgIpc) is 2.81. The second-order valence-corrected chi connectivity index (χ2v) is 7.54. The molecule has 5 nitrogen and oxygen atoms in total. The number of fused-ring (bicyclic) bond motifs is 1. The predicted molar refractivity (Wildman–Crippen MR) is 104 cm³/mol. The average molecular weight is 396 g/mol. The van der Waals surface area contributed by atoms with Gasteiger partial charge in [-0.05, 0) is 38.5 Å². The van der Waals surface area contributed by atoms with Gasteiger partial charge in [0.1, 0.15) is 16.4 Å². The molecular weight excluding hydrogens is 381 g/mol. The van der Waals surface area contributed by atoms with Gasteiger partial charge in [0.25, 0.3) is 5.56 Å². The molecule has 0 fully saturated rings. The van der Waals surface area contributed by atoms with Gasteiger partial charge in [0, 0.05) is 15.5 Å². The van der Waals surface area contributed by atoms with E-state index in [4.69, 9.17) is 27.9 Å². The monoisotopic (exact) mass is 395 g/mol. The zero-order valence-corrected chi connectivity index (χ0v) is 16.4. The van der Waals surface area contributed by atoms with Gasteiger partial charge in [-0.2, -0.15) is 9.78 Å². The van der Waals surface area contributed by atoms with Gasteiger partial charge in [-0.15, -0.1) is 11.3 Å². The quantitative estimate of drug-likeness (QED) is 0.609. The molecule has 0 amide bonds. The van der Waals surface area contributed by atoms with E-state index in [0.717, 1.165) is 15.3 Å². The molecule has 8 heteroatoms. The predicted octanol–water partition coefficient (Wildman–Crippen LogP) is 4.58. The van der Waals surface area contributed by atoms with Gasteiger partial charge < -0.3 is 4.74 Å². The number of halogens is 2. The summed E-state index contributed by atoms with van der Waals surface area (Å²) in [6, 6.07) is 3.25. The van der Waals surface area contributed by atoms with E-state index in [1.54, 1.807) is 19.1 Å². The summed E-state index contributed by atoms with van der Waals surface area (Å²) in [5.41, 5.74) is 1.31. The molecule has 0 aliphatic heterocycles. The van der Waals surface area contributed by atoms with Crippen LogP contribution in [0.3, 0.4) is 0 Å². The highest BCUT2D eigenvalue weighted by Gasteiger charge is 2.14. The molecule has 0 aliphatic rings. The molecule has 0 spiro atoms. The summed E-state index contributed by atoms with van der Waals surface area (Å²) in [6.07, 6.45) is 1.49. The third-order valence-electron chi connectivity index (χ3n) is 3.90. The lowest BCUT2D eigenvalue weighted by Gasteiger charge is -2.08. The molecule has 0 unspecified atom stereocenters.